The molecule has 0 saturated carbocycles. The average molecular weight is 257 g/mol. The van der Waals surface area contributed by atoms with Crippen molar-refractivity contribution in [2.75, 3.05) is 18.2 Å². The Morgan fingerprint density at radius 2 is 2.00 bits per heavy atom. The molecule has 0 spiro atoms. The van der Waals surface area contributed by atoms with Gasteiger partial charge in [0.2, 0.25) is 5.88 Å². The number of methoxy groups -OCH3 is 1. The Morgan fingerprint density at radius 1 is 1.21 bits per heavy atom. The Bertz CT molecular complexity index is 555. The minimum atomic E-state index is 0.443. The summed E-state index contributed by atoms with van der Waals surface area (Å²) in [6.07, 6.45) is 2.15. The minimum absolute atomic E-state index is 0.443. The van der Waals surface area contributed by atoms with Gasteiger partial charge in [-0.15, -0.1) is 0 Å². The minimum Gasteiger partial charge on any atom is -0.479 e. The largest absolute Gasteiger partial charge is 0.479 e. The van der Waals surface area contributed by atoms with Gasteiger partial charge in [-0.05, 0) is 30.2 Å². The van der Waals surface area contributed by atoms with E-state index in [2.05, 4.69) is 29.4 Å². The highest BCUT2D eigenvalue weighted by atomic mass is 16.5. The molecular weight excluding hydrogens is 238 g/mol. The number of rotatable bonds is 5. The van der Waals surface area contributed by atoms with Crippen LogP contribution in [-0.4, -0.2) is 12.1 Å². The van der Waals surface area contributed by atoms with Crippen LogP contribution in [0.15, 0.2) is 36.4 Å². The number of nitrogens with two attached hydrogens (primary N) is 1. The van der Waals surface area contributed by atoms with Crippen molar-refractivity contribution in [2.24, 2.45) is 0 Å². The summed E-state index contributed by atoms with van der Waals surface area (Å²) in [6, 6.07) is 11.9. The first kappa shape index (κ1) is 13.2. The zero-order valence-corrected chi connectivity index (χ0v) is 11.3. The molecule has 1 heterocycles. The number of para-hydroxylation sites is 1. The van der Waals surface area contributed by atoms with Crippen LogP contribution >= 0.6 is 0 Å². The van der Waals surface area contributed by atoms with E-state index in [4.69, 9.17) is 10.5 Å². The van der Waals surface area contributed by atoms with Gasteiger partial charge in [-0.25, -0.2) is 0 Å². The molecule has 0 aliphatic heterocycles. The Kier molecular flexibility index (Phi) is 4.23. The van der Waals surface area contributed by atoms with Gasteiger partial charge < -0.3 is 15.8 Å². The maximum Gasteiger partial charge on any atom is 0.238 e. The van der Waals surface area contributed by atoms with Crippen molar-refractivity contribution >= 4 is 17.2 Å². The second-order valence-electron chi connectivity index (χ2n) is 4.33. The predicted molar refractivity (Wildman–Crippen MR) is 78.9 cm³/mol. The smallest absolute Gasteiger partial charge is 0.238 e. The number of anilines is 3. The van der Waals surface area contributed by atoms with Gasteiger partial charge in [-0.2, -0.15) is 4.98 Å². The van der Waals surface area contributed by atoms with Crippen molar-refractivity contribution in [3.8, 4) is 5.88 Å². The summed E-state index contributed by atoms with van der Waals surface area (Å²) in [5.74, 6) is 1.17. The summed E-state index contributed by atoms with van der Waals surface area (Å²) < 4.78 is 5.12. The molecule has 2 aromatic rings. The fourth-order valence-electron chi connectivity index (χ4n) is 1.95. The second-order valence-corrected chi connectivity index (χ2v) is 4.33. The molecule has 0 fully saturated rings. The monoisotopic (exact) mass is 257 g/mol. The Hall–Kier alpha value is -2.23. The lowest BCUT2D eigenvalue weighted by atomic mass is 10.1. The Morgan fingerprint density at radius 3 is 2.74 bits per heavy atom. The van der Waals surface area contributed by atoms with Crippen molar-refractivity contribution in [3.63, 3.8) is 0 Å². The third kappa shape index (κ3) is 3.16. The van der Waals surface area contributed by atoms with E-state index in [1.165, 1.54) is 5.56 Å². The highest BCUT2D eigenvalue weighted by Crippen LogP contribution is 2.25. The SMILES string of the molecule is CCCc1ccccc1Nc1ccc(N)c(OC)n1. The molecule has 0 saturated heterocycles. The lowest BCUT2D eigenvalue weighted by molar-refractivity contribution is 0.401. The van der Waals surface area contributed by atoms with E-state index in [1.54, 1.807) is 13.2 Å². The average Bonchev–Trinajstić information content (AvgIpc) is 2.43. The summed E-state index contributed by atoms with van der Waals surface area (Å²) in [5.41, 5.74) is 8.65. The fourth-order valence-corrected chi connectivity index (χ4v) is 1.95. The number of aromatic nitrogens is 1. The molecule has 0 atom stereocenters. The van der Waals surface area contributed by atoms with Crippen LogP contribution in [0.2, 0.25) is 0 Å². The fraction of sp³-hybridized carbons (Fsp3) is 0.267. The molecule has 19 heavy (non-hydrogen) atoms. The maximum absolute atomic E-state index is 5.76. The van der Waals surface area contributed by atoms with Gasteiger partial charge in [0.05, 0.1) is 12.8 Å². The van der Waals surface area contributed by atoms with Crippen LogP contribution in [0.1, 0.15) is 18.9 Å². The van der Waals surface area contributed by atoms with Crippen LogP contribution in [0, 0.1) is 0 Å². The van der Waals surface area contributed by atoms with Gasteiger partial charge in [0.1, 0.15) is 5.82 Å². The van der Waals surface area contributed by atoms with Crippen molar-refractivity contribution in [1.82, 2.24) is 4.98 Å². The van der Waals surface area contributed by atoms with Crippen molar-refractivity contribution in [3.05, 3.63) is 42.0 Å². The number of nitrogens with one attached hydrogen (secondary N) is 1. The van der Waals surface area contributed by atoms with E-state index in [0.29, 0.717) is 11.6 Å². The molecule has 4 heteroatoms. The molecule has 2 rings (SSSR count). The highest BCUT2D eigenvalue weighted by Gasteiger charge is 2.05. The number of pyridine rings is 1. The van der Waals surface area contributed by atoms with Crippen LogP contribution < -0.4 is 15.8 Å². The lowest BCUT2D eigenvalue weighted by Gasteiger charge is -2.12. The summed E-state index contributed by atoms with van der Waals surface area (Å²) in [6.45, 7) is 2.17. The van der Waals surface area contributed by atoms with Crippen LogP contribution in [-0.2, 0) is 6.42 Å². The molecule has 4 nitrogen and oxygen atoms in total. The number of ether oxygens (including phenoxy) is 1. The first-order valence-electron chi connectivity index (χ1n) is 6.40. The van der Waals surface area contributed by atoms with Crippen LogP contribution in [0.3, 0.4) is 0 Å². The number of nitrogen functional groups attached to an aromatic ring is 1. The molecule has 0 aliphatic carbocycles. The van der Waals surface area contributed by atoms with Gasteiger partial charge in [-0.3, -0.25) is 0 Å². The van der Waals surface area contributed by atoms with E-state index >= 15 is 0 Å². The number of aryl methyl sites for hydroxylation is 1. The van der Waals surface area contributed by atoms with E-state index in [1.807, 2.05) is 18.2 Å². The molecule has 0 amide bonds. The number of hydrogen-bond donors (Lipinski definition) is 2. The van der Waals surface area contributed by atoms with Crippen molar-refractivity contribution < 1.29 is 4.74 Å². The van der Waals surface area contributed by atoms with E-state index < -0.39 is 0 Å². The van der Waals surface area contributed by atoms with Gasteiger partial charge in [0, 0.05) is 5.69 Å². The van der Waals surface area contributed by atoms with E-state index in [0.717, 1.165) is 24.3 Å². The molecule has 0 bridgehead atoms. The third-order valence-corrected chi connectivity index (χ3v) is 2.88. The third-order valence-electron chi connectivity index (χ3n) is 2.88. The van der Waals surface area contributed by atoms with Crippen molar-refractivity contribution in [1.29, 1.82) is 0 Å². The van der Waals surface area contributed by atoms with Crippen LogP contribution in [0.25, 0.3) is 0 Å². The van der Waals surface area contributed by atoms with Gasteiger partial charge >= 0.3 is 0 Å². The maximum atomic E-state index is 5.76. The first-order chi connectivity index (χ1) is 9.24. The first-order valence-corrected chi connectivity index (χ1v) is 6.40. The molecule has 0 aliphatic rings. The number of hydrogen-bond acceptors (Lipinski definition) is 4. The standard InChI is InChI=1S/C15H19N3O/c1-3-6-11-7-4-5-8-13(11)17-14-10-9-12(16)15(18-14)19-2/h4-5,7-10H,3,6,16H2,1-2H3,(H,17,18). The van der Waals surface area contributed by atoms with Gasteiger partial charge in [-0.1, -0.05) is 31.5 Å². The molecule has 0 unspecified atom stereocenters. The Balaban J connectivity index is 2.26. The van der Waals surface area contributed by atoms with Crippen molar-refractivity contribution in [2.45, 2.75) is 19.8 Å². The number of nitrogens with zero attached hydrogens (tertiary/aromatic N) is 1. The topological polar surface area (TPSA) is 60.2 Å². The van der Waals surface area contributed by atoms with Crippen LogP contribution in [0.4, 0.5) is 17.2 Å². The number of benzene rings is 1. The molecule has 0 radical (unpaired) electrons. The van der Waals surface area contributed by atoms with Crippen LogP contribution in [0.5, 0.6) is 5.88 Å². The molecule has 3 N–H and O–H groups in total. The Labute approximate surface area is 113 Å². The summed E-state index contributed by atoms with van der Waals surface area (Å²) in [5, 5.41) is 3.31. The normalized spacial score (nSPS) is 10.2. The summed E-state index contributed by atoms with van der Waals surface area (Å²) in [7, 11) is 1.56. The second kappa shape index (κ2) is 6.09. The molecular formula is C15H19N3O. The zero-order chi connectivity index (χ0) is 13.7. The van der Waals surface area contributed by atoms with E-state index in [-0.39, 0.29) is 0 Å². The molecule has 100 valence electrons. The highest BCUT2D eigenvalue weighted by molar-refractivity contribution is 5.63. The predicted octanol–water partition coefficient (Wildman–Crippen LogP) is 3.37. The van der Waals surface area contributed by atoms with E-state index in [9.17, 15) is 0 Å². The lowest BCUT2D eigenvalue weighted by Crippen LogP contribution is -2.01. The molecule has 1 aromatic carbocycles. The quantitative estimate of drug-likeness (QED) is 0.862. The molecule has 1 aromatic heterocycles. The summed E-state index contributed by atoms with van der Waals surface area (Å²) in [4.78, 5) is 4.33. The van der Waals surface area contributed by atoms with Gasteiger partial charge in [0.15, 0.2) is 0 Å². The summed E-state index contributed by atoms with van der Waals surface area (Å²) >= 11 is 0. The van der Waals surface area contributed by atoms with Gasteiger partial charge in [0.25, 0.3) is 0 Å². The zero-order valence-electron chi connectivity index (χ0n) is 11.3.